The Bertz CT molecular complexity index is 466. The van der Waals surface area contributed by atoms with Gasteiger partial charge in [0.2, 0.25) is 0 Å². The Kier molecular flexibility index (Phi) is 4.80. The number of ether oxygens (including phenoxy) is 2. The largest absolute Gasteiger partial charge is 0.495 e. The van der Waals surface area contributed by atoms with Gasteiger partial charge in [-0.25, -0.2) is 4.79 Å². The van der Waals surface area contributed by atoms with E-state index < -0.39 is 5.97 Å². The summed E-state index contributed by atoms with van der Waals surface area (Å²) < 4.78 is 10.0. The van der Waals surface area contributed by atoms with Gasteiger partial charge in [-0.1, -0.05) is 0 Å². The van der Waals surface area contributed by atoms with Crippen LogP contribution in [0.15, 0.2) is 12.1 Å². The summed E-state index contributed by atoms with van der Waals surface area (Å²) in [6, 6.07) is 5.02. The molecule has 0 unspecified atom stereocenters. The fourth-order valence-electron chi connectivity index (χ4n) is 1.48. The van der Waals surface area contributed by atoms with Crippen molar-refractivity contribution in [1.82, 2.24) is 0 Å². The van der Waals surface area contributed by atoms with E-state index in [1.54, 1.807) is 6.92 Å². The Hall–Kier alpha value is -1.73. The highest BCUT2D eigenvalue weighted by Crippen LogP contribution is 2.28. The number of halogens is 1. The van der Waals surface area contributed by atoms with Gasteiger partial charge in [0, 0.05) is 5.56 Å². The molecule has 1 rings (SSSR count). The molecule has 0 aliphatic heterocycles. The van der Waals surface area contributed by atoms with Gasteiger partial charge in [-0.3, -0.25) is 0 Å². The Balaban J connectivity index is 3.34. The van der Waals surface area contributed by atoms with Gasteiger partial charge < -0.3 is 9.47 Å². The first kappa shape index (κ1) is 13.3. The van der Waals surface area contributed by atoms with Gasteiger partial charge in [0.25, 0.3) is 0 Å². The second-order valence-electron chi connectivity index (χ2n) is 3.14. The molecular weight excluding hydrogens is 242 g/mol. The Morgan fingerprint density at radius 1 is 1.53 bits per heavy atom. The van der Waals surface area contributed by atoms with Crippen molar-refractivity contribution in [2.45, 2.75) is 12.8 Å². The van der Waals surface area contributed by atoms with Crippen LogP contribution in [-0.4, -0.2) is 19.7 Å². The van der Waals surface area contributed by atoms with Gasteiger partial charge in [-0.15, -0.1) is 11.6 Å². The molecule has 0 radical (unpaired) electrons. The van der Waals surface area contributed by atoms with E-state index in [9.17, 15) is 4.79 Å². The van der Waals surface area contributed by atoms with E-state index in [0.29, 0.717) is 22.4 Å². The lowest BCUT2D eigenvalue weighted by Crippen LogP contribution is -2.09. The first-order valence-electron chi connectivity index (χ1n) is 5.02. The van der Waals surface area contributed by atoms with Gasteiger partial charge in [-0.2, -0.15) is 5.26 Å². The number of methoxy groups -OCH3 is 1. The summed E-state index contributed by atoms with van der Waals surface area (Å²) in [6.07, 6.45) is 0. The molecule has 0 aliphatic carbocycles. The van der Waals surface area contributed by atoms with Crippen molar-refractivity contribution in [1.29, 1.82) is 5.26 Å². The lowest BCUT2D eigenvalue weighted by molar-refractivity contribution is 0.0525. The molecule has 5 heteroatoms. The van der Waals surface area contributed by atoms with Crippen molar-refractivity contribution >= 4 is 17.6 Å². The van der Waals surface area contributed by atoms with Crippen molar-refractivity contribution < 1.29 is 14.3 Å². The predicted octanol–water partition coefficient (Wildman–Crippen LogP) is 2.48. The van der Waals surface area contributed by atoms with Gasteiger partial charge in [0.1, 0.15) is 11.8 Å². The fourth-order valence-corrected chi connectivity index (χ4v) is 1.75. The van der Waals surface area contributed by atoms with Crippen LogP contribution in [0.2, 0.25) is 0 Å². The molecule has 0 amide bonds. The monoisotopic (exact) mass is 253 g/mol. The summed E-state index contributed by atoms with van der Waals surface area (Å²) in [7, 11) is 1.43. The van der Waals surface area contributed by atoms with Crippen LogP contribution in [0.1, 0.15) is 28.4 Å². The van der Waals surface area contributed by atoms with Crippen LogP contribution in [0.4, 0.5) is 0 Å². The summed E-state index contributed by atoms with van der Waals surface area (Å²) in [5.74, 6) is -0.0636. The first-order valence-corrected chi connectivity index (χ1v) is 5.56. The van der Waals surface area contributed by atoms with E-state index in [-0.39, 0.29) is 12.5 Å². The standard InChI is InChI=1S/C12H12ClNO3/c1-3-17-12(15)9-5-4-8(7-14)11(16-2)10(9)6-13/h4-5H,3,6H2,1-2H3. The first-order chi connectivity index (χ1) is 8.19. The number of benzene rings is 1. The molecular formula is C12H12ClNO3. The molecule has 17 heavy (non-hydrogen) atoms. The van der Waals surface area contributed by atoms with Crippen molar-refractivity contribution in [3.05, 3.63) is 28.8 Å². The minimum Gasteiger partial charge on any atom is -0.495 e. The maximum Gasteiger partial charge on any atom is 0.338 e. The van der Waals surface area contributed by atoms with E-state index in [1.165, 1.54) is 19.2 Å². The number of nitrogens with zero attached hydrogens (tertiary/aromatic N) is 1. The third-order valence-corrected chi connectivity index (χ3v) is 2.48. The lowest BCUT2D eigenvalue weighted by Gasteiger charge is -2.12. The second-order valence-corrected chi connectivity index (χ2v) is 3.41. The molecule has 0 N–H and O–H groups in total. The summed E-state index contributed by atoms with van der Waals surface area (Å²) >= 11 is 5.79. The van der Waals surface area contributed by atoms with Gasteiger partial charge in [0.15, 0.2) is 0 Å². The van der Waals surface area contributed by atoms with Crippen molar-refractivity contribution in [2.24, 2.45) is 0 Å². The van der Waals surface area contributed by atoms with Crippen LogP contribution >= 0.6 is 11.6 Å². The van der Waals surface area contributed by atoms with Crippen LogP contribution in [0.3, 0.4) is 0 Å². The van der Waals surface area contributed by atoms with E-state index in [4.69, 9.17) is 26.3 Å². The van der Waals surface area contributed by atoms with Crippen LogP contribution in [-0.2, 0) is 10.6 Å². The second kappa shape index (κ2) is 6.12. The topological polar surface area (TPSA) is 59.3 Å². The van der Waals surface area contributed by atoms with Gasteiger partial charge in [-0.05, 0) is 19.1 Å². The van der Waals surface area contributed by atoms with Crippen LogP contribution in [0.25, 0.3) is 0 Å². The molecule has 1 aromatic rings. The number of nitriles is 1. The van der Waals surface area contributed by atoms with E-state index >= 15 is 0 Å². The predicted molar refractivity (Wildman–Crippen MR) is 63.2 cm³/mol. The maximum atomic E-state index is 11.7. The molecule has 0 heterocycles. The highest BCUT2D eigenvalue weighted by Gasteiger charge is 2.18. The quantitative estimate of drug-likeness (QED) is 0.611. The van der Waals surface area contributed by atoms with Crippen molar-refractivity contribution in [3.8, 4) is 11.8 Å². The fraction of sp³-hybridized carbons (Fsp3) is 0.333. The average molecular weight is 254 g/mol. The SMILES string of the molecule is CCOC(=O)c1ccc(C#N)c(OC)c1CCl. The average Bonchev–Trinajstić information content (AvgIpc) is 2.36. The lowest BCUT2D eigenvalue weighted by atomic mass is 10.0. The molecule has 0 aliphatic rings. The zero-order valence-electron chi connectivity index (χ0n) is 9.62. The van der Waals surface area contributed by atoms with Crippen molar-refractivity contribution in [3.63, 3.8) is 0 Å². The highest BCUT2D eigenvalue weighted by molar-refractivity contribution is 6.18. The third-order valence-electron chi connectivity index (χ3n) is 2.21. The highest BCUT2D eigenvalue weighted by atomic mass is 35.5. The zero-order valence-corrected chi connectivity index (χ0v) is 10.4. The van der Waals surface area contributed by atoms with E-state index in [0.717, 1.165) is 0 Å². The number of carbonyl (C=O) groups is 1. The molecule has 0 atom stereocenters. The molecule has 0 bridgehead atoms. The number of carbonyl (C=O) groups excluding carboxylic acids is 1. The summed E-state index contributed by atoms with van der Waals surface area (Å²) in [5, 5.41) is 8.91. The number of hydrogen-bond donors (Lipinski definition) is 0. The van der Waals surface area contributed by atoms with Crippen LogP contribution in [0.5, 0.6) is 5.75 Å². The number of hydrogen-bond acceptors (Lipinski definition) is 4. The molecule has 0 saturated heterocycles. The third kappa shape index (κ3) is 2.69. The molecule has 0 spiro atoms. The molecule has 0 saturated carbocycles. The van der Waals surface area contributed by atoms with Gasteiger partial charge >= 0.3 is 5.97 Å². The Morgan fingerprint density at radius 3 is 2.71 bits per heavy atom. The van der Waals surface area contributed by atoms with Crippen LogP contribution in [0, 0.1) is 11.3 Å². The van der Waals surface area contributed by atoms with E-state index in [1.807, 2.05) is 6.07 Å². The summed E-state index contributed by atoms with van der Waals surface area (Å²) in [5.41, 5.74) is 1.15. The zero-order chi connectivity index (χ0) is 12.8. The minimum absolute atomic E-state index is 0.0762. The Labute approximate surface area is 105 Å². The number of alkyl halides is 1. The molecule has 0 aromatic heterocycles. The molecule has 4 nitrogen and oxygen atoms in total. The van der Waals surface area contributed by atoms with Gasteiger partial charge in [0.05, 0.1) is 30.7 Å². The normalized spacial score (nSPS) is 9.53. The van der Waals surface area contributed by atoms with Crippen LogP contribution < -0.4 is 4.74 Å². The van der Waals surface area contributed by atoms with E-state index in [2.05, 4.69) is 0 Å². The number of esters is 1. The molecule has 0 fully saturated rings. The minimum atomic E-state index is -0.467. The summed E-state index contributed by atoms with van der Waals surface area (Å²) in [4.78, 5) is 11.7. The Morgan fingerprint density at radius 2 is 2.24 bits per heavy atom. The maximum absolute atomic E-state index is 11.7. The molecule has 90 valence electrons. The summed E-state index contributed by atoms with van der Waals surface area (Å²) in [6.45, 7) is 2.00. The smallest absolute Gasteiger partial charge is 0.338 e. The molecule has 1 aromatic carbocycles. The number of rotatable bonds is 4. The van der Waals surface area contributed by atoms with Crippen molar-refractivity contribution in [2.75, 3.05) is 13.7 Å².